The van der Waals surface area contributed by atoms with E-state index < -0.39 is 0 Å². The molecule has 1 aromatic carbocycles. The van der Waals surface area contributed by atoms with E-state index in [-0.39, 0.29) is 24.4 Å². The van der Waals surface area contributed by atoms with Gasteiger partial charge in [-0.05, 0) is 38.3 Å². The molecule has 0 spiro atoms. The number of hydrogen-bond acceptors (Lipinski definition) is 3. The van der Waals surface area contributed by atoms with Crippen LogP contribution in [0.5, 0.6) is 0 Å². The monoisotopic (exact) mass is 308 g/mol. The zero-order valence-corrected chi connectivity index (χ0v) is 12.8. The van der Waals surface area contributed by atoms with Gasteiger partial charge in [0.1, 0.15) is 11.8 Å². The molecule has 1 unspecified atom stereocenters. The third kappa shape index (κ3) is 3.06. The predicted molar refractivity (Wildman–Crippen MR) is 85.8 cm³/mol. The molecule has 1 saturated heterocycles. The topological polar surface area (TPSA) is 59.5 Å². The van der Waals surface area contributed by atoms with Crippen LogP contribution in [0.25, 0.3) is 11.0 Å². The second-order valence-corrected chi connectivity index (χ2v) is 5.37. The van der Waals surface area contributed by atoms with Gasteiger partial charge in [0.2, 0.25) is 0 Å². The average Bonchev–Trinajstić information content (AvgIpc) is 2.91. The maximum absolute atomic E-state index is 12.8. The lowest BCUT2D eigenvalue weighted by atomic mass is 9.98. The predicted octanol–water partition coefficient (Wildman–Crippen LogP) is 3.20. The van der Waals surface area contributed by atoms with Crippen molar-refractivity contribution in [2.45, 2.75) is 31.7 Å². The molecule has 1 atom stereocenters. The summed E-state index contributed by atoms with van der Waals surface area (Å²) in [7, 11) is 0. The third-order valence-corrected chi connectivity index (χ3v) is 4.10. The van der Waals surface area contributed by atoms with Crippen LogP contribution < -0.4 is 5.73 Å². The van der Waals surface area contributed by atoms with Crippen LogP contribution >= 0.6 is 12.4 Å². The first-order valence-corrected chi connectivity index (χ1v) is 7.28. The number of furan rings is 1. The molecule has 0 bridgehead atoms. The number of benzene rings is 1. The van der Waals surface area contributed by atoms with E-state index in [1.165, 1.54) is 6.42 Å². The molecule has 0 radical (unpaired) electrons. The second kappa shape index (κ2) is 6.96. The summed E-state index contributed by atoms with van der Waals surface area (Å²) in [5.74, 6) is 0.0769. The molecule has 1 amide bonds. The summed E-state index contributed by atoms with van der Waals surface area (Å²) in [6.45, 7) is 1.45. The van der Waals surface area contributed by atoms with Crippen LogP contribution in [0.3, 0.4) is 0 Å². The molecule has 2 heterocycles. The fraction of sp³-hybridized carbons (Fsp3) is 0.438. The zero-order valence-electron chi connectivity index (χ0n) is 12.0. The Morgan fingerprint density at radius 2 is 2.14 bits per heavy atom. The van der Waals surface area contributed by atoms with Crippen molar-refractivity contribution in [1.29, 1.82) is 0 Å². The molecule has 1 aliphatic heterocycles. The number of amides is 1. The first-order chi connectivity index (χ1) is 9.81. The second-order valence-electron chi connectivity index (χ2n) is 5.37. The number of nitrogens with two attached hydrogens (primary N) is 1. The van der Waals surface area contributed by atoms with Crippen LogP contribution in [0.4, 0.5) is 0 Å². The Bertz CT molecular complexity index is 609. The van der Waals surface area contributed by atoms with Gasteiger partial charge in [-0.15, -0.1) is 12.4 Å². The summed E-state index contributed by atoms with van der Waals surface area (Å²) in [5.41, 5.74) is 7.11. The van der Waals surface area contributed by atoms with E-state index in [1.807, 2.05) is 29.2 Å². The minimum atomic E-state index is 0. The van der Waals surface area contributed by atoms with Crippen LogP contribution in [0.15, 0.2) is 34.9 Å². The summed E-state index contributed by atoms with van der Waals surface area (Å²) in [6, 6.07) is 7.95. The van der Waals surface area contributed by atoms with E-state index in [1.54, 1.807) is 6.26 Å². The van der Waals surface area contributed by atoms with Gasteiger partial charge in [0, 0.05) is 18.0 Å². The molecule has 0 saturated carbocycles. The van der Waals surface area contributed by atoms with E-state index in [9.17, 15) is 4.79 Å². The van der Waals surface area contributed by atoms with Crippen molar-refractivity contribution in [2.75, 3.05) is 13.1 Å². The Labute approximate surface area is 130 Å². The first-order valence-electron chi connectivity index (χ1n) is 7.28. The standard InChI is InChI=1S/C16H20N2O2.ClH/c17-9-8-12-5-3-4-10-18(12)16(19)14-11-20-15-7-2-1-6-13(14)15;/h1-2,6-7,11-12H,3-5,8-10,17H2;1H. The molecular weight excluding hydrogens is 288 g/mol. The Kier molecular flexibility index (Phi) is 5.26. The van der Waals surface area contributed by atoms with Crippen molar-refractivity contribution in [3.63, 3.8) is 0 Å². The van der Waals surface area contributed by atoms with E-state index in [2.05, 4.69) is 0 Å². The number of halogens is 1. The molecule has 5 heteroatoms. The highest BCUT2D eigenvalue weighted by atomic mass is 35.5. The molecule has 1 aromatic heterocycles. The number of carbonyl (C=O) groups is 1. The van der Waals surface area contributed by atoms with Gasteiger partial charge >= 0.3 is 0 Å². The Morgan fingerprint density at radius 3 is 2.95 bits per heavy atom. The smallest absolute Gasteiger partial charge is 0.257 e. The minimum absolute atomic E-state index is 0. The average molecular weight is 309 g/mol. The van der Waals surface area contributed by atoms with Crippen LogP contribution in [0.2, 0.25) is 0 Å². The summed E-state index contributed by atoms with van der Waals surface area (Å²) < 4.78 is 5.48. The lowest BCUT2D eigenvalue weighted by molar-refractivity contribution is 0.0606. The molecule has 4 nitrogen and oxygen atoms in total. The van der Waals surface area contributed by atoms with E-state index in [4.69, 9.17) is 10.2 Å². The lowest BCUT2D eigenvalue weighted by Gasteiger charge is -2.35. The molecule has 114 valence electrons. The van der Waals surface area contributed by atoms with Gasteiger partial charge in [-0.2, -0.15) is 0 Å². The van der Waals surface area contributed by atoms with Gasteiger partial charge in [-0.25, -0.2) is 0 Å². The highest BCUT2D eigenvalue weighted by Crippen LogP contribution is 2.26. The third-order valence-electron chi connectivity index (χ3n) is 4.10. The van der Waals surface area contributed by atoms with Crippen LogP contribution in [-0.2, 0) is 0 Å². The van der Waals surface area contributed by atoms with E-state index in [0.29, 0.717) is 12.1 Å². The maximum atomic E-state index is 12.8. The minimum Gasteiger partial charge on any atom is -0.463 e. The highest BCUT2D eigenvalue weighted by molar-refractivity contribution is 6.06. The fourth-order valence-electron chi connectivity index (χ4n) is 3.06. The highest BCUT2D eigenvalue weighted by Gasteiger charge is 2.28. The van der Waals surface area contributed by atoms with Gasteiger partial charge in [-0.3, -0.25) is 4.79 Å². The number of likely N-dealkylation sites (tertiary alicyclic amines) is 1. The number of nitrogens with zero attached hydrogens (tertiary/aromatic N) is 1. The zero-order chi connectivity index (χ0) is 13.9. The molecule has 1 aliphatic rings. The Morgan fingerprint density at radius 1 is 1.33 bits per heavy atom. The number of fused-ring (bicyclic) bond motifs is 1. The Balaban J connectivity index is 0.00000161. The van der Waals surface area contributed by atoms with Crippen LogP contribution in [0, 0.1) is 0 Å². The normalized spacial score (nSPS) is 18.5. The number of para-hydroxylation sites is 1. The summed E-state index contributed by atoms with van der Waals surface area (Å²) >= 11 is 0. The van der Waals surface area contributed by atoms with Crippen molar-refractivity contribution >= 4 is 29.3 Å². The molecular formula is C16H21ClN2O2. The SMILES string of the molecule is Cl.NCCC1CCCCN1C(=O)c1coc2ccccc12. The Hall–Kier alpha value is -1.52. The van der Waals surface area contributed by atoms with Gasteiger partial charge < -0.3 is 15.1 Å². The lowest BCUT2D eigenvalue weighted by Crippen LogP contribution is -2.44. The van der Waals surface area contributed by atoms with Crippen LogP contribution in [0.1, 0.15) is 36.0 Å². The van der Waals surface area contributed by atoms with Gasteiger partial charge in [-0.1, -0.05) is 18.2 Å². The largest absolute Gasteiger partial charge is 0.463 e. The van der Waals surface area contributed by atoms with Crippen molar-refractivity contribution in [2.24, 2.45) is 5.73 Å². The molecule has 1 fully saturated rings. The quantitative estimate of drug-likeness (QED) is 0.947. The summed E-state index contributed by atoms with van der Waals surface area (Å²) in [6.07, 6.45) is 5.77. The van der Waals surface area contributed by atoms with Crippen molar-refractivity contribution in [3.05, 3.63) is 36.1 Å². The van der Waals surface area contributed by atoms with Gasteiger partial charge in [0.05, 0.1) is 5.56 Å². The molecule has 2 aromatic rings. The van der Waals surface area contributed by atoms with Gasteiger partial charge in [0.25, 0.3) is 5.91 Å². The first kappa shape index (κ1) is 15.9. The van der Waals surface area contributed by atoms with Crippen molar-refractivity contribution in [1.82, 2.24) is 4.90 Å². The number of rotatable bonds is 3. The van der Waals surface area contributed by atoms with Crippen molar-refractivity contribution in [3.8, 4) is 0 Å². The molecule has 21 heavy (non-hydrogen) atoms. The summed E-state index contributed by atoms with van der Waals surface area (Å²) in [5, 5.41) is 0.898. The fourth-order valence-corrected chi connectivity index (χ4v) is 3.06. The maximum Gasteiger partial charge on any atom is 0.257 e. The van der Waals surface area contributed by atoms with Gasteiger partial charge in [0.15, 0.2) is 0 Å². The number of piperidine rings is 1. The summed E-state index contributed by atoms with van der Waals surface area (Å²) in [4.78, 5) is 14.8. The van der Waals surface area contributed by atoms with E-state index >= 15 is 0 Å². The van der Waals surface area contributed by atoms with Crippen LogP contribution in [-0.4, -0.2) is 29.9 Å². The number of hydrogen-bond donors (Lipinski definition) is 1. The number of carbonyl (C=O) groups excluding carboxylic acids is 1. The molecule has 2 N–H and O–H groups in total. The van der Waals surface area contributed by atoms with Crippen molar-refractivity contribution < 1.29 is 9.21 Å². The van der Waals surface area contributed by atoms with E-state index in [0.717, 1.165) is 36.8 Å². The molecule has 3 rings (SSSR count). The molecule has 0 aliphatic carbocycles.